The number of primary amides is 1. The van der Waals surface area contributed by atoms with Crippen LogP contribution in [0.3, 0.4) is 0 Å². The predicted molar refractivity (Wildman–Crippen MR) is 118 cm³/mol. The lowest BCUT2D eigenvalue weighted by molar-refractivity contribution is 0.0996. The van der Waals surface area contributed by atoms with Gasteiger partial charge in [0.15, 0.2) is 5.69 Å². The van der Waals surface area contributed by atoms with Crippen molar-refractivity contribution in [3.8, 4) is 22.5 Å². The van der Waals surface area contributed by atoms with Crippen molar-refractivity contribution in [3.05, 3.63) is 71.4 Å². The molecule has 0 aliphatic heterocycles. The minimum absolute atomic E-state index is 0.0342. The lowest BCUT2D eigenvalue weighted by Crippen LogP contribution is -2.16. The van der Waals surface area contributed by atoms with Gasteiger partial charge in [-0.05, 0) is 29.8 Å². The van der Waals surface area contributed by atoms with Gasteiger partial charge in [0.25, 0.3) is 5.91 Å². The monoisotopic (exact) mass is 414 g/mol. The first kappa shape index (κ1) is 18.1. The minimum Gasteiger partial charge on any atom is -0.396 e. The third-order valence-corrected chi connectivity index (χ3v) is 5.32. The highest BCUT2D eigenvalue weighted by molar-refractivity contribution is 6.33. The Morgan fingerprint density at radius 3 is 2.57 bits per heavy atom. The molecular weight excluding hydrogens is 400 g/mol. The number of H-pyrrole nitrogens is 1. The van der Waals surface area contributed by atoms with Crippen LogP contribution < -0.4 is 11.5 Å². The molecule has 0 aliphatic carbocycles. The van der Waals surface area contributed by atoms with E-state index >= 15 is 0 Å². The normalized spacial score (nSPS) is 11.2. The lowest BCUT2D eigenvalue weighted by Gasteiger charge is -2.09. The fourth-order valence-electron chi connectivity index (χ4n) is 3.52. The summed E-state index contributed by atoms with van der Waals surface area (Å²) in [6, 6.07) is 19.0. The Hall–Kier alpha value is -3.97. The molecular formula is C22H15ClN6O. The van der Waals surface area contributed by atoms with E-state index in [-0.39, 0.29) is 11.4 Å². The van der Waals surface area contributed by atoms with Crippen LogP contribution in [0.4, 0.5) is 5.69 Å². The predicted octanol–water partition coefficient (Wildman–Crippen LogP) is 4.17. The fraction of sp³-hybridized carbons (Fsp3) is 0. The van der Waals surface area contributed by atoms with Crippen LogP contribution in [0.2, 0.25) is 5.02 Å². The third-order valence-electron chi connectivity index (χ3n) is 4.99. The van der Waals surface area contributed by atoms with E-state index in [9.17, 15) is 4.79 Å². The van der Waals surface area contributed by atoms with Crippen molar-refractivity contribution in [3.63, 3.8) is 0 Å². The Bertz CT molecular complexity index is 1460. The van der Waals surface area contributed by atoms with Crippen molar-refractivity contribution >= 4 is 45.1 Å². The number of hydrogen-bond acceptors (Lipinski definition) is 5. The maximum atomic E-state index is 11.5. The largest absolute Gasteiger partial charge is 0.396 e. The molecule has 0 unspecified atom stereocenters. The summed E-state index contributed by atoms with van der Waals surface area (Å²) in [6.07, 6.45) is 0. The average molecular weight is 415 g/mol. The number of benzene rings is 3. The number of aromatic nitrogens is 4. The number of nitrogens with zero attached hydrogens (tertiary/aromatic N) is 3. The van der Waals surface area contributed by atoms with Gasteiger partial charge in [-0.15, -0.1) is 10.2 Å². The van der Waals surface area contributed by atoms with Crippen LogP contribution in [-0.4, -0.2) is 26.1 Å². The van der Waals surface area contributed by atoms with Crippen molar-refractivity contribution in [2.45, 2.75) is 0 Å². The molecule has 5 rings (SSSR count). The summed E-state index contributed by atoms with van der Waals surface area (Å²) in [7, 11) is 0. The Balaban J connectivity index is 1.67. The number of fused-ring (bicyclic) bond motifs is 2. The number of halogens is 1. The Morgan fingerprint density at radius 1 is 0.967 bits per heavy atom. The highest BCUT2D eigenvalue weighted by Gasteiger charge is 2.16. The first-order valence-electron chi connectivity index (χ1n) is 9.12. The van der Waals surface area contributed by atoms with E-state index in [1.165, 1.54) is 0 Å². The summed E-state index contributed by atoms with van der Waals surface area (Å²) >= 11 is 6.31. The van der Waals surface area contributed by atoms with Gasteiger partial charge >= 0.3 is 0 Å². The molecule has 2 heterocycles. The average Bonchev–Trinajstić information content (AvgIpc) is 3.17. The topological polar surface area (TPSA) is 124 Å². The quantitative estimate of drug-likeness (QED) is 0.408. The van der Waals surface area contributed by atoms with Gasteiger partial charge in [0.2, 0.25) is 0 Å². The molecule has 0 fully saturated rings. The van der Waals surface area contributed by atoms with Gasteiger partial charge in [0.05, 0.1) is 21.7 Å². The maximum Gasteiger partial charge on any atom is 0.271 e. The van der Waals surface area contributed by atoms with E-state index in [4.69, 9.17) is 23.1 Å². The molecule has 7 nitrogen and oxygen atoms in total. The van der Waals surface area contributed by atoms with Gasteiger partial charge in [-0.3, -0.25) is 4.79 Å². The first-order valence-corrected chi connectivity index (χ1v) is 9.50. The number of anilines is 1. The van der Waals surface area contributed by atoms with Crippen LogP contribution >= 0.6 is 11.6 Å². The summed E-state index contributed by atoms with van der Waals surface area (Å²) in [4.78, 5) is 19.5. The number of nitrogens with two attached hydrogens (primary N) is 2. The molecule has 2 aromatic heterocycles. The summed E-state index contributed by atoms with van der Waals surface area (Å²) in [5.41, 5.74) is 16.5. The van der Waals surface area contributed by atoms with E-state index in [1.807, 2.05) is 54.6 Å². The van der Waals surface area contributed by atoms with E-state index in [0.29, 0.717) is 21.7 Å². The number of carbonyl (C=O) groups is 1. The zero-order chi connectivity index (χ0) is 20.8. The molecule has 3 aromatic carbocycles. The SMILES string of the molecule is NC(=O)c1nnc2c(-c3ccc4nc(-c5ccccc5Cl)[nH]c4c3)cccc2c1N. The first-order chi connectivity index (χ1) is 14.5. The van der Waals surface area contributed by atoms with Crippen LogP contribution in [0, 0.1) is 0 Å². The zero-order valence-corrected chi connectivity index (χ0v) is 16.3. The molecule has 8 heteroatoms. The number of amides is 1. The van der Waals surface area contributed by atoms with Crippen LogP contribution in [-0.2, 0) is 0 Å². The second-order valence-corrected chi connectivity index (χ2v) is 7.23. The maximum absolute atomic E-state index is 11.5. The van der Waals surface area contributed by atoms with Crippen molar-refractivity contribution in [1.29, 1.82) is 0 Å². The molecule has 0 saturated heterocycles. The highest BCUT2D eigenvalue weighted by atomic mass is 35.5. The molecule has 0 spiro atoms. The van der Waals surface area contributed by atoms with Crippen LogP contribution in [0.5, 0.6) is 0 Å². The summed E-state index contributed by atoms with van der Waals surface area (Å²) in [5, 5.41) is 9.38. The number of nitrogens with one attached hydrogen (secondary N) is 1. The molecule has 5 N–H and O–H groups in total. The zero-order valence-electron chi connectivity index (χ0n) is 15.6. The summed E-state index contributed by atoms with van der Waals surface area (Å²) < 4.78 is 0. The van der Waals surface area contributed by atoms with Gasteiger partial charge in [-0.1, -0.05) is 48.0 Å². The van der Waals surface area contributed by atoms with E-state index < -0.39 is 5.91 Å². The summed E-state index contributed by atoms with van der Waals surface area (Å²) in [5.74, 6) is -0.0147. The number of carbonyl (C=O) groups excluding carboxylic acids is 1. The van der Waals surface area contributed by atoms with Crippen molar-refractivity contribution in [2.75, 3.05) is 5.73 Å². The molecule has 146 valence electrons. The second kappa shape index (κ2) is 6.82. The van der Waals surface area contributed by atoms with Crippen molar-refractivity contribution < 1.29 is 4.79 Å². The molecule has 0 radical (unpaired) electrons. The van der Waals surface area contributed by atoms with Gasteiger partial charge < -0.3 is 16.5 Å². The van der Waals surface area contributed by atoms with Gasteiger partial charge in [0.1, 0.15) is 11.3 Å². The lowest BCUT2D eigenvalue weighted by atomic mass is 10.0. The standard InChI is InChI=1S/C22H15ClN6O/c23-15-7-2-1-4-13(15)22-26-16-9-8-11(10-17(16)27-22)12-5-3-6-14-18(24)20(21(25)30)29-28-19(12)14/h1-10H,(H2,24,28)(H2,25,30)(H,26,27). The summed E-state index contributed by atoms with van der Waals surface area (Å²) in [6.45, 7) is 0. The molecule has 5 aromatic rings. The molecule has 30 heavy (non-hydrogen) atoms. The highest BCUT2D eigenvalue weighted by Crippen LogP contribution is 2.33. The molecule has 0 atom stereocenters. The van der Waals surface area contributed by atoms with Crippen molar-refractivity contribution in [1.82, 2.24) is 20.2 Å². The third kappa shape index (κ3) is 2.84. The fourth-order valence-corrected chi connectivity index (χ4v) is 3.75. The van der Waals surface area contributed by atoms with E-state index in [1.54, 1.807) is 6.07 Å². The minimum atomic E-state index is -0.710. The molecule has 1 amide bonds. The van der Waals surface area contributed by atoms with Gasteiger partial charge in [0, 0.05) is 16.5 Å². The van der Waals surface area contributed by atoms with Crippen LogP contribution in [0.15, 0.2) is 60.7 Å². The molecule has 0 bridgehead atoms. The molecule has 0 aliphatic rings. The van der Waals surface area contributed by atoms with Crippen LogP contribution in [0.25, 0.3) is 44.5 Å². The number of imidazole rings is 1. The Kier molecular flexibility index (Phi) is 4.11. The van der Waals surface area contributed by atoms with Gasteiger partial charge in [-0.2, -0.15) is 0 Å². The van der Waals surface area contributed by atoms with E-state index in [0.717, 1.165) is 27.7 Å². The number of nitrogen functional groups attached to an aromatic ring is 1. The second-order valence-electron chi connectivity index (χ2n) is 6.83. The van der Waals surface area contributed by atoms with Gasteiger partial charge in [-0.25, -0.2) is 4.98 Å². The Morgan fingerprint density at radius 2 is 1.77 bits per heavy atom. The van der Waals surface area contributed by atoms with Crippen molar-refractivity contribution in [2.24, 2.45) is 5.73 Å². The molecule has 0 saturated carbocycles. The number of rotatable bonds is 3. The van der Waals surface area contributed by atoms with E-state index in [2.05, 4.69) is 20.2 Å². The number of aromatic amines is 1. The number of hydrogen-bond donors (Lipinski definition) is 3. The smallest absolute Gasteiger partial charge is 0.271 e. The Labute approximate surface area is 175 Å². The van der Waals surface area contributed by atoms with Crippen LogP contribution in [0.1, 0.15) is 10.5 Å².